The van der Waals surface area contributed by atoms with Gasteiger partial charge in [-0.15, -0.1) is 0 Å². The van der Waals surface area contributed by atoms with Gasteiger partial charge in [-0.3, -0.25) is 9.48 Å². The Morgan fingerprint density at radius 1 is 1.18 bits per heavy atom. The quantitative estimate of drug-likeness (QED) is 0.660. The maximum Gasteiger partial charge on any atom is 0.221 e. The summed E-state index contributed by atoms with van der Waals surface area (Å²) in [5.74, 6) is -0.516. The van der Waals surface area contributed by atoms with Gasteiger partial charge in [-0.25, -0.2) is 8.42 Å². The van der Waals surface area contributed by atoms with Crippen LogP contribution in [0.1, 0.15) is 37.6 Å². The topological polar surface area (TPSA) is 81.1 Å². The van der Waals surface area contributed by atoms with E-state index in [1.807, 2.05) is 55.9 Å². The predicted molar refractivity (Wildman–Crippen MR) is 110 cm³/mol. The molecule has 1 atom stereocenters. The van der Waals surface area contributed by atoms with Gasteiger partial charge in [-0.1, -0.05) is 30.3 Å². The Labute approximate surface area is 165 Å². The highest BCUT2D eigenvalue weighted by atomic mass is 32.2. The van der Waals surface area contributed by atoms with Crippen LogP contribution in [0.15, 0.2) is 53.6 Å². The molecule has 0 bridgehead atoms. The van der Waals surface area contributed by atoms with E-state index in [4.69, 9.17) is 0 Å². The fraction of sp³-hybridized carbons (Fsp3) is 0.333. The Morgan fingerprint density at radius 2 is 1.89 bits per heavy atom. The zero-order chi connectivity index (χ0) is 20.3. The second-order valence-electron chi connectivity index (χ2n) is 6.89. The van der Waals surface area contributed by atoms with Crippen molar-refractivity contribution in [3.8, 4) is 0 Å². The van der Waals surface area contributed by atoms with Crippen LogP contribution in [0, 0.1) is 6.92 Å². The van der Waals surface area contributed by atoms with E-state index in [0.717, 1.165) is 28.6 Å². The summed E-state index contributed by atoms with van der Waals surface area (Å²) < 4.78 is 27.1. The molecule has 3 rings (SSSR count). The molecule has 0 saturated carbocycles. The molecule has 1 amide bonds. The summed E-state index contributed by atoms with van der Waals surface area (Å²) in [4.78, 5) is 12.5. The smallest absolute Gasteiger partial charge is 0.221 e. The van der Waals surface area contributed by atoms with Gasteiger partial charge in [-0.05, 0) is 43.7 Å². The molecule has 1 N–H and O–H groups in total. The molecular formula is C21H25N3O3S. The Morgan fingerprint density at radius 3 is 2.57 bits per heavy atom. The van der Waals surface area contributed by atoms with Crippen molar-refractivity contribution in [1.29, 1.82) is 0 Å². The standard InChI is InChI=1S/C21H25N3O3S/c1-4-24-14-20(16(3)23-24)15(2)22-21(25)11-12-28(26,27)19-10-9-17-7-5-6-8-18(17)13-19/h5-10,13-15H,4,11-12H2,1-3H3,(H,22,25)/t15-/m0/s1. The molecule has 0 spiro atoms. The number of hydrogen-bond acceptors (Lipinski definition) is 4. The van der Waals surface area contributed by atoms with Crippen molar-refractivity contribution in [1.82, 2.24) is 15.1 Å². The predicted octanol–water partition coefficient (Wildman–Crippen LogP) is 3.41. The molecular weight excluding hydrogens is 374 g/mol. The van der Waals surface area contributed by atoms with Gasteiger partial charge < -0.3 is 5.32 Å². The molecule has 2 aromatic carbocycles. The van der Waals surface area contributed by atoms with Gasteiger partial charge in [0.2, 0.25) is 5.91 Å². The molecule has 0 aliphatic heterocycles. The summed E-state index contributed by atoms with van der Waals surface area (Å²) in [6, 6.07) is 12.4. The Hall–Kier alpha value is -2.67. The number of hydrogen-bond donors (Lipinski definition) is 1. The Balaban J connectivity index is 1.64. The summed E-state index contributed by atoms with van der Waals surface area (Å²) in [5, 5.41) is 9.10. The van der Waals surface area contributed by atoms with Crippen LogP contribution in [0.25, 0.3) is 10.8 Å². The number of sulfone groups is 1. The van der Waals surface area contributed by atoms with Crippen LogP contribution in [0.4, 0.5) is 0 Å². The molecule has 6 nitrogen and oxygen atoms in total. The van der Waals surface area contributed by atoms with Crippen molar-refractivity contribution in [3.63, 3.8) is 0 Å². The summed E-state index contributed by atoms with van der Waals surface area (Å²) in [7, 11) is -3.53. The third-order valence-corrected chi connectivity index (χ3v) is 6.54. The largest absolute Gasteiger partial charge is 0.349 e. The molecule has 0 aliphatic carbocycles. The number of aryl methyl sites for hydroxylation is 2. The lowest BCUT2D eigenvalue weighted by atomic mass is 10.1. The van der Waals surface area contributed by atoms with Gasteiger partial charge in [0.15, 0.2) is 9.84 Å². The molecule has 148 valence electrons. The first kappa shape index (κ1) is 20.1. The number of nitrogens with zero attached hydrogens (tertiary/aromatic N) is 2. The number of fused-ring (bicyclic) bond motifs is 1. The van der Waals surface area contributed by atoms with Crippen LogP contribution in [0.5, 0.6) is 0 Å². The normalized spacial score (nSPS) is 12.8. The van der Waals surface area contributed by atoms with Crippen LogP contribution < -0.4 is 5.32 Å². The number of rotatable bonds is 7. The second kappa shape index (κ2) is 8.14. The maximum atomic E-state index is 12.6. The average Bonchev–Trinajstić information content (AvgIpc) is 3.07. The monoisotopic (exact) mass is 399 g/mol. The fourth-order valence-corrected chi connectivity index (χ4v) is 4.49. The van der Waals surface area contributed by atoms with Crippen LogP contribution >= 0.6 is 0 Å². The SMILES string of the molecule is CCn1cc([C@H](C)NC(=O)CCS(=O)(=O)c2ccc3ccccc3c2)c(C)n1. The van der Waals surface area contributed by atoms with Crippen LogP contribution in [0.2, 0.25) is 0 Å². The number of carbonyl (C=O) groups is 1. The van der Waals surface area contributed by atoms with Crippen molar-refractivity contribution in [2.24, 2.45) is 0 Å². The van der Waals surface area contributed by atoms with Gasteiger partial charge in [-0.2, -0.15) is 5.10 Å². The van der Waals surface area contributed by atoms with E-state index in [1.54, 1.807) is 18.2 Å². The van der Waals surface area contributed by atoms with Crippen LogP contribution in [-0.2, 0) is 21.2 Å². The minimum Gasteiger partial charge on any atom is -0.349 e. The van der Waals surface area contributed by atoms with E-state index in [-0.39, 0.29) is 29.0 Å². The molecule has 0 radical (unpaired) electrons. The molecule has 3 aromatic rings. The molecule has 0 aliphatic rings. The van der Waals surface area contributed by atoms with Crippen molar-refractivity contribution in [3.05, 3.63) is 59.9 Å². The average molecular weight is 400 g/mol. The zero-order valence-corrected chi connectivity index (χ0v) is 17.2. The third kappa shape index (κ3) is 4.42. The van der Waals surface area contributed by atoms with Crippen molar-refractivity contribution < 1.29 is 13.2 Å². The van der Waals surface area contributed by atoms with Crippen LogP contribution in [-0.4, -0.2) is 29.9 Å². The third-order valence-electron chi connectivity index (χ3n) is 4.83. The number of carbonyl (C=O) groups excluding carboxylic acids is 1. The van der Waals surface area contributed by atoms with Gasteiger partial charge in [0, 0.05) is 24.7 Å². The minimum absolute atomic E-state index is 0.0829. The first-order chi connectivity index (χ1) is 13.3. The van der Waals surface area contributed by atoms with E-state index in [9.17, 15) is 13.2 Å². The van der Waals surface area contributed by atoms with Gasteiger partial charge in [0.25, 0.3) is 0 Å². The molecule has 7 heteroatoms. The van der Waals surface area contributed by atoms with E-state index >= 15 is 0 Å². The summed E-state index contributed by atoms with van der Waals surface area (Å²) in [5.41, 5.74) is 1.80. The van der Waals surface area contributed by atoms with E-state index in [1.165, 1.54) is 0 Å². The fourth-order valence-electron chi connectivity index (χ4n) is 3.22. The van der Waals surface area contributed by atoms with E-state index in [0.29, 0.717) is 0 Å². The Kier molecular flexibility index (Phi) is 5.84. The van der Waals surface area contributed by atoms with Gasteiger partial charge in [0.05, 0.1) is 22.4 Å². The molecule has 0 unspecified atom stereocenters. The maximum absolute atomic E-state index is 12.6. The molecule has 0 fully saturated rings. The zero-order valence-electron chi connectivity index (χ0n) is 16.3. The van der Waals surface area contributed by atoms with Gasteiger partial charge >= 0.3 is 0 Å². The lowest BCUT2D eigenvalue weighted by molar-refractivity contribution is -0.121. The molecule has 1 aromatic heterocycles. The summed E-state index contributed by atoms with van der Waals surface area (Å²) >= 11 is 0. The molecule has 28 heavy (non-hydrogen) atoms. The summed E-state index contributed by atoms with van der Waals surface area (Å²) in [6.45, 7) is 6.52. The first-order valence-electron chi connectivity index (χ1n) is 9.35. The van der Waals surface area contributed by atoms with E-state index in [2.05, 4.69) is 10.4 Å². The van der Waals surface area contributed by atoms with Crippen molar-refractivity contribution in [2.75, 3.05) is 5.75 Å². The highest BCUT2D eigenvalue weighted by Gasteiger charge is 2.19. The van der Waals surface area contributed by atoms with Crippen molar-refractivity contribution in [2.45, 2.75) is 44.7 Å². The number of benzene rings is 2. The first-order valence-corrected chi connectivity index (χ1v) is 11.0. The Bertz CT molecular complexity index is 1100. The van der Waals surface area contributed by atoms with Crippen molar-refractivity contribution >= 4 is 26.5 Å². The number of nitrogens with one attached hydrogen (secondary N) is 1. The minimum atomic E-state index is -3.53. The van der Waals surface area contributed by atoms with Crippen LogP contribution in [0.3, 0.4) is 0 Å². The highest BCUT2D eigenvalue weighted by Crippen LogP contribution is 2.21. The summed E-state index contributed by atoms with van der Waals surface area (Å²) in [6.07, 6.45) is 1.83. The second-order valence-corrected chi connectivity index (χ2v) is 9.00. The number of aromatic nitrogens is 2. The number of amides is 1. The van der Waals surface area contributed by atoms with E-state index < -0.39 is 9.84 Å². The molecule has 0 saturated heterocycles. The van der Waals surface area contributed by atoms with Gasteiger partial charge in [0.1, 0.15) is 0 Å². The molecule has 1 heterocycles. The highest BCUT2D eigenvalue weighted by molar-refractivity contribution is 7.91. The lowest BCUT2D eigenvalue weighted by Gasteiger charge is -2.13. The lowest BCUT2D eigenvalue weighted by Crippen LogP contribution is -2.28.